The summed E-state index contributed by atoms with van der Waals surface area (Å²) in [4.78, 5) is 28.4. The van der Waals surface area contributed by atoms with Gasteiger partial charge in [0.1, 0.15) is 0 Å². The summed E-state index contributed by atoms with van der Waals surface area (Å²) in [5.74, 6) is -0.101. The molecule has 2 amide bonds. The van der Waals surface area contributed by atoms with E-state index in [1.165, 1.54) is 0 Å². The van der Waals surface area contributed by atoms with Gasteiger partial charge in [0.2, 0.25) is 11.8 Å². The van der Waals surface area contributed by atoms with E-state index in [0.29, 0.717) is 6.54 Å². The molecule has 26 heavy (non-hydrogen) atoms. The predicted molar refractivity (Wildman–Crippen MR) is 107 cm³/mol. The second-order valence-electron chi connectivity index (χ2n) is 7.61. The van der Waals surface area contributed by atoms with Crippen LogP contribution in [0.25, 0.3) is 10.8 Å². The first kappa shape index (κ1) is 19.9. The Balaban J connectivity index is 2.10. The van der Waals surface area contributed by atoms with Crippen LogP contribution in [-0.4, -0.2) is 48.9 Å². The third-order valence-corrected chi connectivity index (χ3v) is 4.01. The number of carbonyl (C=O) groups is 2. The maximum Gasteiger partial charge on any atom is 0.241 e. The topological polar surface area (TPSA) is 52.7 Å². The molecular formula is C21H29N3O2. The van der Waals surface area contributed by atoms with Crippen LogP contribution in [0.3, 0.4) is 0 Å². The molecule has 0 heterocycles. The second kappa shape index (κ2) is 8.32. The molecule has 0 spiro atoms. The third-order valence-electron chi connectivity index (χ3n) is 4.01. The van der Waals surface area contributed by atoms with Gasteiger partial charge in [-0.1, -0.05) is 36.4 Å². The maximum absolute atomic E-state index is 12.8. The van der Waals surface area contributed by atoms with Gasteiger partial charge in [0, 0.05) is 17.5 Å². The van der Waals surface area contributed by atoms with Crippen molar-refractivity contribution in [3.8, 4) is 0 Å². The van der Waals surface area contributed by atoms with Crippen molar-refractivity contribution in [3.63, 3.8) is 0 Å². The predicted octanol–water partition coefficient (Wildman–Crippen LogP) is 3.04. The molecule has 0 aliphatic carbocycles. The summed E-state index contributed by atoms with van der Waals surface area (Å²) in [6.45, 7) is 8.74. The van der Waals surface area contributed by atoms with E-state index in [4.69, 9.17) is 0 Å². The number of benzene rings is 2. The van der Waals surface area contributed by atoms with E-state index in [2.05, 4.69) is 5.32 Å². The molecule has 0 saturated carbocycles. The number of fused-ring (bicyclic) bond motifs is 1. The van der Waals surface area contributed by atoms with Crippen LogP contribution >= 0.6 is 0 Å². The largest absolute Gasteiger partial charge is 0.350 e. The van der Waals surface area contributed by atoms with Gasteiger partial charge >= 0.3 is 0 Å². The van der Waals surface area contributed by atoms with Crippen LogP contribution < -0.4 is 10.2 Å². The Morgan fingerprint density at radius 3 is 2.31 bits per heavy atom. The van der Waals surface area contributed by atoms with Crippen LogP contribution in [0.4, 0.5) is 5.69 Å². The highest BCUT2D eigenvalue weighted by Crippen LogP contribution is 2.26. The summed E-state index contributed by atoms with van der Waals surface area (Å²) in [7, 11) is 1.79. The monoisotopic (exact) mass is 355 g/mol. The highest BCUT2D eigenvalue weighted by Gasteiger charge is 2.20. The van der Waals surface area contributed by atoms with Crippen molar-refractivity contribution in [1.29, 1.82) is 0 Å². The fourth-order valence-corrected chi connectivity index (χ4v) is 3.00. The molecule has 0 aliphatic heterocycles. The minimum Gasteiger partial charge on any atom is -0.350 e. The lowest BCUT2D eigenvalue weighted by atomic mass is 10.1. The first-order valence-corrected chi connectivity index (χ1v) is 8.99. The van der Waals surface area contributed by atoms with Gasteiger partial charge in [0.15, 0.2) is 0 Å². The third kappa shape index (κ3) is 5.30. The molecule has 140 valence electrons. The zero-order valence-electron chi connectivity index (χ0n) is 16.4. The van der Waals surface area contributed by atoms with E-state index in [0.717, 1.165) is 16.5 Å². The number of anilines is 1. The molecule has 5 heteroatoms. The van der Waals surface area contributed by atoms with E-state index in [1.54, 1.807) is 16.8 Å². The molecule has 2 aromatic rings. The Morgan fingerprint density at radius 1 is 1.00 bits per heavy atom. The average molecular weight is 355 g/mol. The van der Waals surface area contributed by atoms with E-state index in [1.807, 2.05) is 70.2 Å². The minimum absolute atomic E-state index is 0.0186. The lowest BCUT2D eigenvalue weighted by molar-refractivity contribution is -0.124. The zero-order chi connectivity index (χ0) is 19.3. The van der Waals surface area contributed by atoms with Crippen LogP contribution in [-0.2, 0) is 9.59 Å². The van der Waals surface area contributed by atoms with Gasteiger partial charge in [-0.15, -0.1) is 0 Å². The minimum atomic E-state index is -0.277. The summed E-state index contributed by atoms with van der Waals surface area (Å²) < 4.78 is 0. The van der Waals surface area contributed by atoms with Gasteiger partial charge in [-0.3, -0.25) is 14.5 Å². The lowest BCUT2D eigenvalue weighted by Gasteiger charge is -2.26. The molecule has 0 aromatic heterocycles. The van der Waals surface area contributed by atoms with Crippen LogP contribution in [0.5, 0.6) is 0 Å². The molecule has 5 nitrogen and oxygen atoms in total. The van der Waals surface area contributed by atoms with E-state index < -0.39 is 0 Å². The normalized spacial score (nSPS) is 11.6. The Hall–Kier alpha value is -2.40. The molecule has 0 atom stereocenters. The van der Waals surface area contributed by atoms with Crippen molar-refractivity contribution in [2.45, 2.75) is 33.2 Å². The molecule has 0 radical (unpaired) electrons. The molecule has 2 rings (SSSR count). The molecule has 0 bridgehead atoms. The smallest absolute Gasteiger partial charge is 0.241 e. The number of nitrogens with zero attached hydrogens (tertiary/aromatic N) is 2. The maximum atomic E-state index is 12.8. The van der Waals surface area contributed by atoms with Gasteiger partial charge in [-0.05, 0) is 46.2 Å². The Bertz CT molecular complexity index is 775. The number of carbonyl (C=O) groups excluding carboxylic acids is 2. The Kier molecular flexibility index (Phi) is 6.37. The fraction of sp³-hybridized carbons (Fsp3) is 0.429. The molecular weight excluding hydrogens is 326 g/mol. The lowest BCUT2D eigenvalue weighted by Crippen LogP contribution is -2.47. The standard InChI is InChI=1S/C21H29N3O2/c1-6-24(18-13-9-11-16-10-7-8-12-17(16)18)20(26)15-23(5)14-19(25)22-21(2,3)4/h7-13H,6,14-15H2,1-5H3,(H,22,25). The first-order valence-electron chi connectivity index (χ1n) is 8.99. The van der Waals surface area contributed by atoms with Gasteiger partial charge in [0.25, 0.3) is 0 Å². The van der Waals surface area contributed by atoms with Crippen LogP contribution in [0.2, 0.25) is 0 Å². The SMILES string of the molecule is CCN(C(=O)CN(C)CC(=O)NC(C)(C)C)c1cccc2ccccc12. The fourth-order valence-electron chi connectivity index (χ4n) is 3.00. The number of hydrogen-bond acceptors (Lipinski definition) is 3. The number of amides is 2. The van der Waals surface area contributed by atoms with Crippen molar-refractivity contribution in [1.82, 2.24) is 10.2 Å². The summed E-state index contributed by atoms with van der Waals surface area (Å²) in [6.07, 6.45) is 0. The highest BCUT2D eigenvalue weighted by atomic mass is 16.2. The van der Waals surface area contributed by atoms with E-state index in [-0.39, 0.29) is 30.4 Å². The van der Waals surface area contributed by atoms with Gasteiger partial charge < -0.3 is 10.2 Å². The average Bonchev–Trinajstić information content (AvgIpc) is 2.53. The van der Waals surface area contributed by atoms with Crippen molar-refractivity contribution >= 4 is 28.3 Å². The summed E-state index contributed by atoms with van der Waals surface area (Å²) in [5.41, 5.74) is 0.628. The number of rotatable bonds is 6. The first-order chi connectivity index (χ1) is 12.2. The van der Waals surface area contributed by atoms with Crippen molar-refractivity contribution < 1.29 is 9.59 Å². The number of hydrogen-bond donors (Lipinski definition) is 1. The Morgan fingerprint density at radius 2 is 1.65 bits per heavy atom. The van der Waals surface area contributed by atoms with E-state index >= 15 is 0 Å². The molecule has 2 aromatic carbocycles. The molecule has 0 fully saturated rings. The van der Waals surface area contributed by atoms with Crippen LogP contribution in [0.1, 0.15) is 27.7 Å². The zero-order valence-corrected chi connectivity index (χ0v) is 16.4. The van der Waals surface area contributed by atoms with E-state index in [9.17, 15) is 9.59 Å². The van der Waals surface area contributed by atoms with Crippen molar-refractivity contribution in [3.05, 3.63) is 42.5 Å². The van der Waals surface area contributed by atoms with Crippen LogP contribution in [0, 0.1) is 0 Å². The second-order valence-corrected chi connectivity index (χ2v) is 7.61. The van der Waals surface area contributed by atoms with Crippen molar-refractivity contribution in [2.24, 2.45) is 0 Å². The molecule has 1 N–H and O–H groups in total. The van der Waals surface area contributed by atoms with Gasteiger partial charge in [0.05, 0.1) is 18.8 Å². The molecule has 0 aliphatic rings. The number of nitrogens with one attached hydrogen (secondary N) is 1. The van der Waals surface area contributed by atoms with Gasteiger partial charge in [-0.25, -0.2) is 0 Å². The Labute approximate surface area is 156 Å². The van der Waals surface area contributed by atoms with Gasteiger partial charge in [-0.2, -0.15) is 0 Å². The van der Waals surface area contributed by atoms with Crippen LogP contribution in [0.15, 0.2) is 42.5 Å². The van der Waals surface area contributed by atoms with Crippen molar-refractivity contribution in [2.75, 3.05) is 31.6 Å². The summed E-state index contributed by atoms with van der Waals surface area (Å²) in [6, 6.07) is 14.0. The highest BCUT2D eigenvalue weighted by molar-refractivity contribution is 6.04. The summed E-state index contributed by atoms with van der Waals surface area (Å²) >= 11 is 0. The quantitative estimate of drug-likeness (QED) is 0.866. The molecule has 0 saturated heterocycles. The molecule has 0 unspecified atom stereocenters. The number of likely N-dealkylation sites (N-methyl/N-ethyl adjacent to an activating group) is 2. The summed E-state index contributed by atoms with van der Waals surface area (Å²) in [5, 5.41) is 5.08.